The Bertz CT molecular complexity index is 344. The number of hydrogen-bond donors (Lipinski definition) is 0. The zero-order valence-corrected chi connectivity index (χ0v) is 9.62. The maximum absolute atomic E-state index is 11.7. The molecule has 1 rings (SSSR count). The van der Waals surface area contributed by atoms with Crippen LogP contribution in [-0.2, 0) is 11.2 Å². The van der Waals surface area contributed by atoms with Crippen molar-refractivity contribution >= 4 is 28.5 Å². The third kappa shape index (κ3) is 3.09. The van der Waals surface area contributed by atoms with E-state index in [9.17, 15) is 14.7 Å². The predicted molar refractivity (Wildman–Crippen MR) is 59.4 cm³/mol. The van der Waals surface area contributed by atoms with Gasteiger partial charge in [0.15, 0.2) is 9.60 Å². The molecule has 0 saturated carbocycles. The van der Waals surface area contributed by atoms with Gasteiger partial charge in [0.05, 0.1) is 4.92 Å². The van der Waals surface area contributed by atoms with Gasteiger partial charge in [-0.1, -0.05) is 18.5 Å². The number of halogens is 1. The second-order valence-corrected chi connectivity index (χ2v) is 5.29. The highest BCUT2D eigenvalue weighted by Crippen LogP contribution is 2.23. The molecule has 0 aliphatic heterocycles. The molecular weight excluding hydrogens is 238 g/mol. The van der Waals surface area contributed by atoms with Crippen LogP contribution in [0, 0.1) is 10.1 Å². The molecule has 0 N–H and O–H groups in total. The standard InChI is InChI=1S/C9H10ClNO3S/c1-2-9(10)15(14)8-5-3-7(4-6-8)11(12)13/h3-6,9H,2H2,1H3. The highest BCUT2D eigenvalue weighted by molar-refractivity contribution is 7.93. The fourth-order valence-electron chi connectivity index (χ4n) is 1.00. The second-order valence-electron chi connectivity index (χ2n) is 2.87. The minimum absolute atomic E-state index is 0.0154. The Morgan fingerprint density at radius 2 is 2.00 bits per heavy atom. The summed E-state index contributed by atoms with van der Waals surface area (Å²) in [5, 5.41) is 10.4. The maximum Gasteiger partial charge on any atom is 0.269 e. The van der Waals surface area contributed by atoms with Gasteiger partial charge in [-0.25, -0.2) is 0 Å². The minimum atomic E-state index is -1.31. The number of nitro benzene ring substituents is 1. The van der Waals surface area contributed by atoms with Crippen LogP contribution in [0.15, 0.2) is 29.2 Å². The summed E-state index contributed by atoms with van der Waals surface area (Å²) in [6.07, 6.45) is 0.588. The molecule has 0 radical (unpaired) electrons. The summed E-state index contributed by atoms with van der Waals surface area (Å²) in [5.41, 5.74) is -0.0154. The highest BCUT2D eigenvalue weighted by atomic mass is 35.5. The van der Waals surface area contributed by atoms with Crippen molar-refractivity contribution in [2.24, 2.45) is 0 Å². The minimum Gasteiger partial charge on any atom is -0.610 e. The number of hydrogen-bond acceptors (Lipinski definition) is 3. The van der Waals surface area contributed by atoms with Crippen LogP contribution in [0.4, 0.5) is 5.69 Å². The Morgan fingerprint density at radius 1 is 1.47 bits per heavy atom. The zero-order valence-electron chi connectivity index (χ0n) is 8.05. The van der Waals surface area contributed by atoms with Crippen molar-refractivity contribution in [2.75, 3.05) is 0 Å². The van der Waals surface area contributed by atoms with Gasteiger partial charge in [-0.3, -0.25) is 10.1 Å². The number of non-ortho nitro benzene ring substituents is 1. The molecule has 82 valence electrons. The first-order chi connectivity index (χ1) is 7.06. The molecule has 0 aliphatic rings. The Kier molecular flexibility index (Phi) is 4.38. The van der Waals surface area contributed by atoms with Gasteiger partial charge >= 0.3 is 0 Å². The van der Waals surface area contributed by atoms with Crippen LogP contribution in [0.1, 0.15) is 13.3 Å². The molecular formula is C9H10ClNO3S. The normalized spacial score (nSPS) is 14.6. The van der Waals surface area contributed by atoms with E-state index in [-0.39, 0.29) is 5.69 Å². The van der Waals surface area contributed by atoms with Crippen molar-refractivity contribution in [3.63, 3.8) is 0 Å². The fraction of sp³-hybridized carbons (Fsp3) is 0.333. The van der Waals surface area contributed by atoms with E-state index < -0.39 is 20.8 Å². The zero-order chi connectivity index (χ0) is 11.4. The van der Waals surface area contributed by atoms with Gasteiger partial charge in [-0.15, -0.1) is 0 Å². The molecule has 0 amide bonds. The third-order valence-corrected chi connectivity index (χ3v) is 4.16. The molecule has 0 spiro atoms. The first-order valence-corrected chi connectivity index (χ1v) is 6.00. The van der Waals surface area contributed by atoms with Gasteiger partial charge in [-0.05, 0) is 0 Å². The van der Waals surface area contributed by atoms with Crippen LogP contribution < -0.4 is 0 Å². The van der Waals surface area contributed by atoms with Crippen molar-refractivity contribution in [2.45, 2.75) is 22.9 Å². The van der Waals surface area contributed by atoms with E-state index in [1.807, 2.05) is 6.92 Å². The summed E-state index contributed by atoms with van der Waals surface area (Å²) >= 11 is 4.51. The second kappa shape index (κ2) is 5.34. The lowest BCUT2D eigenvalue weighted by atomic mass is 10.3. The van der Waals surface area contributed by atoms with Crippen molar-refractivity contribution in [1.29, 1.82) is 0 Å². The number of benzene rings is 1. The average molecular weight is 248 g/mol. The molecule has 0 bridgehead atoms. The van der Waals surface area contributed by atoms with E-state index in [1.165, 1.54) is 24.3 Å². The number of rotatable bonds is 4. The van der Waals surface area contributed by atoms with Crippen molar-refractivity contribution < 1.29 is 9.48 Å². The van der Waals surface area contributed by atoms with Gasteiger partial charge in [0.2, 0.25) is 0 Å². The summed E-state index contributed by atoms with van der Waals surface area (Å²) in [4.78, 5) is 10.4. The van der Waals surface area contributed by atoms with E-state index in [4.69, 9.17) is 11.6 Å². The molecule has 2 unspecified atom stereocenters. The van der Waals surface area contributed by atoms with E-state index in [0.29, 0.717) is 11.3 Å². The van der Waals surface area contributed by atoms with Crippen LogP contribution in [-0.4, -0.2) is 14.2 Å². The largest absolute Gasteiger partial charge is 0.610 e. The molecule has 1 aromatic carbocycles. The SMILES string of the molecule is CCC(Cl)[S+]([O-])c1ccc([N+](=O)[O-])cc1. The van der Waals surface area contributed by atoms with Crippen LogP contribution in [0.3, 0.4) is 0 Å². The van der Waals surface area contributed by atoms with E-state index in [0.717, 1.165) is 0 Å². The molecule has 1 aromatic rings. The lowest BCUT2D eigenvalue weighted by Gasteiger charge is -2.13. The Labute approximate surface area is 95.6 Å². The van der Waals surface area contributed by atoms with Gasteiger partial charge in [0.25, 0.3) is 5.69 Å². The number of nitro groups is 1. The Balaban J connectivity index is 2.84. The molecule has 4 nitrogen and oxygen atoms in total. The van der Waals surface area contributed by atoms with Crippen LogP contribution >= 0.6 is 11.6 Å². The van der Waals surface area contributed by atoms with E-state index >= 15 is 0 Å². The van der Waals surface area contributed by atoms with E-state index in [2.05, 4.69) is 0 Å². The quantitative estimate of drug-likeness (QED) is 0.356. The molecule has 0 heterocycles. The van der Waals surface area contributed by atoms with Gasteiger partial charge in [0.1, 0.15) is 0 Å². The third-order valence-electron chi connectivity index (χ3n) is 1.83. The number of alkyl halides is 1. The first kappa shape index (κ1) is 12.3. The first-order valence-electron chi connectivity index (χ1n) is 4.35. The van der Waals surface area contributed by atoms with Crippen LogP contribution in [0.25, 0.3) is 0 Å². The van der Waals surface area contributed by atoms with Crippen LogP contribution in [0.5, 0.6) is 0 Å². The molecule has 15 heavy (non-hydrogen) atoms. The van der Waals surface area contributed by atoms with E-state index in [1.54, 1.807) is 0 Å². The summed E-state index contributed by atoms with van der Waals surface area (Å²) in [6.45, 7) is 1.83. The molecule has 0 aromatic heterocycles. The van der Waals surface area contributed by atoms with Crippen molar-refractivity contribution in [1.82, 2.24) is 0 Å². The summed E-state index contributed by atoms with van der Waals surface area (Å²) in [6, 6.07) is 5.59. The van der Waals surface area contributed by atoms with Gasteiger partial charge < -0.3 is 4.55 Å². The van der Waals surface area contributed by atoms with Crippen molar-refractivity contribution in [3.8, 4) is 0 Å². The summed E-state index contributed by atoms with van der Waals surface area (Å²) in [7, 11) is 0. The smallest absolute Gasteiger partial charge is 0.269 e. The molecule has 0 fully saturated rings. The lowest BCUT2D eigenvalue weighted by molar-refractivity contribution is -0.384. The highest BCUT2D eigenvalue weighted by Gasteiger charge is 2.20. The summed E-state index contributed by atoms with van der Waals surface area (Å²) in [5.74, 6) is 0. The average Bonchev–Trinajstić information content (AvgIpc) is 2.27. The lowest BCUT2D eigenvalue weighted by Crippen LogP contribution is -2.14. The van der Waals surface area contributed by atoms with Crippen molar-refractivity contribution in [3.05, 3.63) is 34.4 Å². The van der Waals surface area contributed by atoms with Crippen LogP contribution in [0.2, 0.25) is 0 Å². The molecule has 0 saturated heterocycles. The van der Waals surface area contributed by atoms with Gasteiger partial charge in [0, 0.05) is 41.9 Å². The molecule has 0 aliphatic carbocycles. The van der Waals surface area contributed by atoms with Gasteiger partial charge in [-0.2, -0.15) is 0 Å². The monoisotopic (exact) mass is 247 g/mol. The maximum atomic E-state index is 11.7. The molecule has 6 heteroatoms. The predicted octanol–water partition coefficient (Wildman–Crippen LogP) is 2.68. The fourth-order valence-corrected chi connectivity index (χ4v) is 2.31. The molecule has 2 atom stereocenters. The topological polar surface area (TPSA) is 66.2 Å². The Morgan fingerprint density at radius 3 is 2.40 bits per heavy atom. The summed E-state index contributed by atoms with van der Waals surface area (Å²) < 4.78 is 11.2. The Hall–Kier alpha value is -0.780. The number of nitrogens with zero attached hydrogens (tertiary/aromatic N) is 1.